The normalized spacial score (nSPS) is 12.9. The van der Waals surface area contributed by atoms with Crippen molar-refractivity contribution in [3.63, 3.8) is 0 Å². The van der Waals surface area contributed by atoms with Crippen molar-refractivity contribution in [2.45, 2.75) is 131 Å². The molecule has 0 saturated heterocycles. The first-order chi connectivity index (χ1) is 36.3. The van der Waals surface area contributed by atoms with E-state index in [4.69, 9.17) is 11.6 Å². The van der Waals surface area contributed by atoms with Crippen molar-refractivity contribution in [2.75, 3.05) is 9.80 Å². The van der Waals surface area contributed by atoms with Gasteiger partial charge < -0.3 is 9.80 Å². The number of hydrogen-bond donors (Lipinski definition) is 0. The van der Waals surface area contributed by atoms with Crippen LogP contribution in [0.15, 0.2) is 182 Å². The van der Waals surface area contributed by atoms with Crippen LogP contribution in [0.2, 0.25) is 5.02 Å². The molecule has 0 aliphatic heterocycles. The Morgan fingerprint density at radius 1 is 0.234 bits per heavy atom. The molecule has 2 nitrogen and oxygen atoms in total. The van der Waals surface area contributed by atoms with E-state index in [1.807, 2.05) is 0 Å². The van der Waals surface area contributed by atoms with Gasteiger partial charge in [-0.2, -0.15) is 0 Å². The molecule has 0 aromatic heterocycles. The molecule has 0 N–H and O–H groups in total. The largest absolute Gasteiger partial charge is 0.309 e. The summed E-state index contributed by atoms with van der Waals surface area (Å²) in [6.07, 6.45) is 0. The Labute approximate surface area is 463 Å². The monoisotopic (exact) mass is 1030 g/mol. The van der Waals surface area contributed by atoms with E-state index in [1.54, 1.807) is 0 Å². The Bertz CT molecular complexity index is 3750. The molecule has 3 heteroatoms. The molecule has 0 saturated carbocycles. The molecular weight excluding hydrogens is 952 g/mol. The number of rotatable bonds is 6. The predicted octanol–water partition coefficient (Wildman–Crippen LogP) is 22.7. The third kappa shape index (κ3) is 9.41. The molecule has 0 unspecified atom stereocenters. The van der Waals surface area contributed by atoms with Gasteiger partial charge in [-0.1, -0.05) is 237 Å². The van der Waals surface area contributed by atoms with Crippen molar-refractivity contribution < 1.29 is 0 Å². The fourth-order valence-electron chi connectivity index (χ4n) is 11.5. The fourth-order valence-corrected chi connectivity index (χ4v) is 11.8. The molecule has 11 rings (SSSR count). The van der Waals surface area contributed by atoms with Crippen LogP contribution in [0.1, 0.15) is 132 Å². The van der Waals surface area contributed by atoms with Crippen LogP contribution in [0.4, 0.5) is 34.1 Å². The number of hydrogen-bond acceptors (Lipinski definition) is 2. The summed E-state index contributed by atoms with van der Waals surface area (Å²) in [5, 5.41) is 15.5. The highest BCUT2D eigenvalue weighted by molar-refractivity contribution is 6.37. The summed E-state index contributed by atoms with van der Waals surface area (Å²) in [5.41, 5.74) is 11.6. The van der Waals surface area contributed by atoms with Crippen LogP contribution in [0.3, 0.4) is 0 Å². The quantitative estimate of drug-likeness (QED) is 0.153. The lowest BCUT2D eigenvalue weighted by atomic mass is 9.80. The van der Waals surface area contributed by atoms with Crippen molar-refractivity contribution in [3.05, 3.63) is 215 Å². The van der Waals surface area contributed by atoms with Gasteiger partial charge >= 0.3 is 0 Å². The van der Waals surface area contributed by atoms with E-state index in [0.29, 0.717) is 5.02 Å². The topological polar surface area (TPSA) is 6.48 Å². The number of nitrogens with zero attached hydrogens (tertiary/aromatic N) is 2. The van der Waals surface area contributed by atoms with Crippen LogP contribution in [0.25, 0.3) is 64.6 Å². The van der Waals surface area contributed by atoms with Gasteiger partial charge in [0.05, 0.1) is 16.4 Å². The van der Waals surface area contributed by atoms with Gasteiger partial charge in [0.25, 0.3) is 0 Å². The van der Waals surface area contributed by atoms with Crippen molar-refractivity contribution in [2.24, 2.45) is 0 Å². The molecule has 11 aromatic rings. The van der Waals surface area contributed by atoms with Crippen molar-refractivity contribution >= 4 is 110 Å². The van der Waals surface area contributed by atoms with Gasteiger partial charge in [-0.25, -0.2) is 0 Å². The van der Waals surface area contributed by atoms with E-state index in [-0.39, 0.29) is 27.1 Å². The average Bonchev–Trinajstić information content (AvgIpc) is 3.45. The summed E-state index contributed by atoms with van der Waals surface area (Å²) in [4.78, 5) is 4.94. The molecule has 11 aromatic carbocycles. The van der Waals surface area contributed by atoms with Crippen molar-refractivity contribution in [3.8, 4) is 0 Å². The summed E-state index contributed by atoms with van der Waals surface area (Å²) in [7, 11) is 0. The first-order valence-corrected chi connectivity index (χ1v) is 28.1. The smallest absolute Gasteiger partial charge is 0.0887 e. The van der Waals surface area contributed by atoms with Gasteiger partial charge in [-0.3, -0.25) is 0 Å². The van der Waals surface area contributed by atoms with Gasteiger partial charge in [-0.05, 0) is 180 Å². The zero-order valence-electron chi connectivity index (χ0n) is 48.1. The molecule has 0 amide bonds. The molecule has 0 atom stereocenters. The third-order valence-corrected chi connectivity index (χ3v) is 16.6. The van der Waals surface area contributed by atoms with Gasteiger partial charge in [0.2, 0.25) is 0 Å². The lowest BCUT2D eigenvalue weighted by Gasteiger charge is -2.36. The number of fused-ring (bicyclic) bond motifs is 12. The lowest BCUT2D eigenvalue weighted by molar-refractivity contribution is 0.568. The number of benzene rings is 11. The Morgan fingerprint density at radius 3 is 0.701 bits per heavy atom. The van der Waals surface area contributed by atoms with Crippen LogP contribution in [-0.4, -0.2) is 0 Å². The highest BCUT2D eigenvalue weighted by Gasteiger charge is 2.31. The highest BCUT2D eigenvalue weighted by Crippen LogP contribution is 2.52. The van der Waals surface area contributed by atoms with E-state index >= 15 is 0 Å². The first kappa shape index (κ1) is 51.9. The first-order valence-electron chi connectivity index (χ1n) is 27.7. The summed E-state index contributed by atoms with van der Waals surface area (Å²) in [5.74, 6) is 0. The van der Waals surface area contributed by atoms with Crippen molar-refractivity contribution in [1.82, 2.24) is 0 Å². The minimum absolute atomic E-state index is 0.131. The SMILES string of the molecule is CC(C)(C)c1cc(N(c2ccc3c4ccccc4c4ccccc4c3c2)c2cc(C(C)(C)C)cc(N(c3cc(C(C)(C)C)cc(C(C)(C)C)c3)c3ccc4c5ccccc5c5ccccc5c4c3)c2Cl)cc(C(C)(C)C)c1. The third-order valence-electron chi connectivity index (χ3n) is 16.2. The second-order valence-corrected chi connectivity index (χ2v) is 27.3. The van der Waals surface area contributed by atoms with E-state index in [0.717, 1.165) is 34.1 Å². The molecule has 0 spiro atoms. The van der Waals surface area contributed by atoms with Gasteiger partial charge in [0.1, 0.15) is 0 Å². The van der Waals surface area contributed by atoms with E-state index in [1.165, 1.54) is 92.5 Å². The van der Waals surface area contributed by atoms with E-state index in [9.17, 15) is 0 Å². The van der Waals surface area contributed by atoms with Crippen LogP contribution in [0.5, 0.6) is 0 Å². The summed E-state index contributed by atoms with van der Waals surface area (Å²) in [6, 6.07) is 68.9. The zero-order chi connectivity index (χ0) is 54.7. The lowest BCUT2D eigenvalue weighted by Crippen LogP contribution is -2.22. The number of halogens is 1. The maximum Gasteiger partial charge on any atom is 0.0887 e. The van der Waals surface area contributed by atoms with Gasteiger partial charge in [0, 0.05) is 22.7 Å². The summed E-state index contributed by atoms with van der Waals surface area (Å²) < 4.78 is 0. The van der Waals surface area contributed by atoms with E-state index < -0.39 is 0 Å². The maximum absolute atomic E-state index is 8.54. The Balaban J connectivity index is 1.28. The van der Waals surface area contributed by atoms with Crippen molar-refractivity contribution in [1.29, 1.82) is 0 Å². The van der Waals surface area contributed by atoms with Gasteiger partial charge in [-0.15, -0.1) is 0 Å². The molecule has 0 aliphatic rings. The fraction of sp³-hybridized carbons (Fsp3) is 0.270. The van der Waals surface area contributed by atoms with Crippen LogP contribution < -0.4 is 9.80 Å². The standard InChI is InChI=1S/C74H75ClN2/c1-70(2,3)46-36-47(71(4,5)6)39-53(38-46)76(51-32-34-63-59-28-18-16-24-55(59)57-26-20-22-30-61(57)65(63)44-51)67-42-50(74(13,14)15)43-68(69(67)75)77(54-40-48(72(7,8)9)37-49(41-54)73(10,11)12)52-33-35-64-60-29-19-17-25-56(60)58-27-21-23-31-62(58)66(64)45-52/h16-45H,1-15H3. The Morgan fingerprint density at radius 2 is 0.455 bits per heavy atom. The summed E-state index contributed by atoms with van der Waals surface area (Å²) in [6.45, 7) is 34.9. The zero-order valence-corrected chi connectivity index (χ0v) is 48.8. The molecule has 388 valence electrons. The number of anilines is 6. The molecule has 0 radical (unpaired) electrons. The second kappa shape index (κ2) is 18.5. The minimum atomic E-state index is -0.268. The van der Waals surface area contributed by atoms with Crippen LogP contribution in [0, 0.1) is 0 Å². The Kier molecular flexibility index (Phi) is 12.5. The molecule has 0 heterocycles. The Hall–Kier alpha value is -7.13. The maximum atomic E-state index is 8.54. The molecule has 0 aliphatic carbocycles. The van der Waals surface area contributed by atoms with E-state index in [2.05, 4.69) is 296 Å². The van der Waals surface area contributed by atoms with Crippen LogP contribution >= 0.6 is 11.6 Å². The molecule has 77 heavy (non-hydrogen) atoms. The summed E-state index contributed by atoms with van der Waals surface area (Å²) >= 11 is 8.54. The molecule has 0 bridgehead atoms. The minimum Gasteiger partial charge on any atom is -0.309 e. The highest BCUT2D eigenvalue weighted by atomic mass is 35.5. The molecular formula is C74H75ClN2. The molecule has 0 fully saturated rings. The predicted molar refractivity (Wildman–Crippen MR) is 339 cm³/mol. The average molecular weight is 1030 g/mol. The van der Waals surface area contributed by atoms with Crippen LogP contribution in [-0.2, 0) is 27.1 Å². The van der Waals surface area contributed by atoms with Gasteiger partial charge in [0.15, 0.2) is 0 Å². The second-order valence-electron chi connectivity index (χ2n) is 26.9.